The number of methoxy groups -OCH3 is 4. The number of halogens is 6. The number of amides is 5. The molecule has 6 unspecified atom stereocenters. The number of alkyl halides is 4. The quantitative estimate of drug-likeness (QED) is 0.00484. The van der Waals surface area contributed by atoms with Crippen LogP contribution < -0.4 is 47.9 Å². The Morgan fingerprint density at radius 3 is 0.926 bits per heavy atom. The number of carboxylic acids is 1. The van der Waals surface area contributed by atoms with Gasteiger partial charge in [0.2, 0.25) is 5.91 Å². The molecule has 0 aliphatic rings. The van der Waals surface area contributed by atoms with Gasteiger partial charge in [-0.1, -0.05) is 199 Å². The SMILES string of the molecule is CCCCCc1ccc(O)cc1.CCCCCc1ccc(OCCC(NC(=O)OC(C)(C)C)C(=O)OC)cc1.CCCCCc1ccc(OCCC(NC(=O)OC(C)(C)C)C(N)=O)cc1.CO.COC(=O)C(CCBr)NC(=O)OC(C)(C)C.COC(=O)C(CCI)NC(=O)OC(C)(C)C.COC(=O)C(N)CCI.C[Si](C)(C)Cl.Cl.NC(CCI)C(=O)O. The van der Waals surface area contributed by atoms with Crippen molar-refractivity contribution in [3.05, 3.63) is 89.5 Å². The van der Waals surface area contributed by atoms with Crippen molar-refractivity contribution in [1.29, 1.82) is 0 Å². The van der Waals surface area contributed by atoms with Crippen molar-refractivity contribution in [2.24, 2.45) is 17.2 Å². The number of aliphatic carboxylic acids is 1. The van der Waals surface area contributed by atoms with E-state index in [9.17, 15) is 47.9 Å². The molecular formula is C85H149BrCl2I3N7O23Si. The lowest BCUT2D eigenvalue weighted by Gasteiger charge is -2.22. The molecule has 3 aromatic rings. The third-order valence-electron chi connectivity index (χ3n) is 14.4. The third kappa shape index (κ3) is 85.1. The molecule has 0 saturated carbocycles. The summed E-state index contributed by atoms with van der Waals surface area (Å²) in [4.78, 5) is 113. The minimum atomic E-state index is -1.14. The summed E-state index contributed by atoms with van der Waals surface area (Å²) in [7, 11) is 5.05. The first kappa shape index (κ1) is 129. The zero-order valence-corrected chi connectivity index (χ0v) is 87.0. The number of primary amides is 1. The molecule has 0 saturated heterocycles. The molecule has 0 heterocycles. The number of hydrogen-bond donors (Lipinski definition) is 10. The van der Waals surface area contributed by atoms with Gasteiger partial charge in [0.15, 0.2) is 0 Å². The van der Waals surface area contributed by atoms with E-state index in [2.05, 4.69) is 184 Å². The van der Waals surface area contributed by atoms with Crippen LogP contribution in [0.1, 0.15) is 217 Å². The van der Waals surface area contributed by atoms with Crippen LogP contribution in [0, 0.1) is 0 Å². The second-order valence-corrected chi connectivity index (χ2v) is 43.0. The minimum absolute atomic E-state index is 0. The van der Waals surface area contributed by atoms with Gasteiger partial charge in [-0.3, -0.25) is 14.4 Å². The van der Waals surface area contributed by atoms with E-state index in [1.807, 2.05) is 36.4 Å². The topological polar surface area (TPSA) is 450 Å². The smallest absolute Gasteiger partial charge is 0.408 e. The van der Waals surface area contributed by atoms with E-state index in [1.165, 1.54) is 103 Å². The van der Waals surface area contributed by atoms with E-state index in [0.717, 1.165) is 51.2 Å². The number of aryl methyl sites for hydroxylation is 3. The number of carboxylic acid groups (broad SMARTS) is 1. The molecular weight excluding hydrogens is 2050 g/mol. The van der Waals surface area contributed by atoms with Gasteiger partial charge in [0.05, 0.1) is 41.7 Å². The Bertz CT molecular complexity index is 3190. The van der Waals surface area contributed by atoms with Gasteiger partial charge in [-0.25, -0.2) is 33.6 Å². The van der Waals surface area contributed by atoms with Gasteiger partial charge in [0.1, 0.15) is 83.3 Å². The summed E-state index contributed by atoms with van der Waals surface area (Å²) in [6.07, 6.45) is 14.5. The minimum Gasteiger partial charge on any atom is -0.508 e. The van der Waals surface area contributed by atoms with E-state index in [0.29, 0.717) is 36.8 Å². The first-order valence-electron chi connectivity index (χ1n) is 40.2. The fraction of sp³-hybridized carbons (Fsp3) is 0.671. The van der Waals surface area contributed by atoms with Crippen molar-refractivity contribution in [2.75, 3.05) is 67.4 Å². The highest BCUT2D eigenvalue weighted by Crippen LogP contribution is 2.19. The summed E-state index contributed by atoms with van der Waals surface area (Å²) in [5, 5.41) is 34.8. The lowest BCUT2D eigenvalue weighted by Crippen LogP contribution is -2.47. The van der Waals surface area contributed by atoms with Crippen LogP contribution >= 0.6 is 107 Å². The van der Waals surface area contributed by atoms with Crippen LogP contribution in [0.4, 0.5) is 19.2 Å². The van der Waals surface area contributed by atoms with Crippen LogP contribution in [-0.2, 0) is 85.9 Å². The molecule has 0 radical (unpaired) electrons. The molecule has 13 N–H and O–H groups in total. The Labute approximate surface area is 789 Å². The molecule has 5 amide bonds. The number of alkyl carbamates (subject to hydrolysis) is 4. The Hall–Kier alpha value is -5.69. The average Bonchev–Trinajstić information content (AvgIpc) is 0.923. The lowest BCUT2D eigenvalue weighted by molar-refractivity contribution is -0.144. The van der Waals surface area contributed by atoms with Crippen molar-refractivity contribution in [3.63, 3.8) is 0 Å². The predicted octanol–water partition coefficient (Wildman–Crippen LogP) is 17.3. The number of nitrogens with two attached hydrogens (primary N) is 3. The first-order chi connectivity index (χ1) is 56.3. The van der Waals surface area contributed by atoms with Gasteiger partial charge in [0.25, 0.3) is 0 Å². The summed E-state index contributed by atoms with van der Waals surface area (Å²) in [6.45, 7) is 34.5. The number of unbranched alkanes of at least 4 members (excludes halogenated alkanes) is 6. The molecule has 0 spiro atoms. The Morgan fingerprint density at radius 2 is 0.689 bits per heavy atom. The number of carbonyl (C=O) groups excluding carboxylic acids is 9. The molecule has 30 nitrogen and oxygen atoms in total. The number of phenols is 1. The Balaban J connectivity index is -0.000000258. The van der Waals surface area contributed by atoms with E-state index in [1.54, 1.807) is 95.2 Å². The number of phenolic OH excluding ortho intramolecular Hbond substituents is 1. The van der Waals surface area contributed by atoms with Crippen LogP contribution in [-0.4, -0.2) is 209 Å². The van der Waals surface area contributed by atoms with Gasteiger partial charge in [-0.05, 0) is 200 Å². The highest BCUT2D eigenvalue weighted by atomic mass is 127. The molecule has 37 heteroatoms. The van der Waals surface area contributed by atoms with E-state index < -0.39 is 120 Å². The molecule has 0 aromatic heterocycles. The van der Waals surface area contributed by atoms with Crippen molar-refractivity contribution >= 4 is 175 Å². The van der Waals surface area contributed by atoms with Crippen LogP contribution in [0.2, 0.25) is 19.6 Å². The number of nitrogens with one attached hydrogen (secondary N) is 4. The predicted molar refractivity (Wildman–Crippen MR) is 518 cm³/mol. The molecule has 0 aliphatic carbocycles. The monoisotopic (exact) mass is 2190 g/mol. The maximum atomic E-state index is 11.9. The normalized spacial score (nSPS) is 12.0. The number of aromatic hydroxyl groups is 1. The largest absolute Gasteiger partial charge is 0.508 e. The van der Waals surface area contributed by atoms with Crippen molar-refractivity contribution < 1.29 is 111 Å². The maximum Gasteiger partial charge on any atom is 0.408 e. The highest BCUT2D eigenvalue weighted by molar-refractivity contribution is 14.1. The molecule has 0 aliphatic heterocycles. The number of ether oxygens (including phenoxy) is 10. The number of carbonyl (C=O) groups is 10. The molecule has 0 bridgehead atoms. The number of aliphatic hydroxyl groups is 1. The van der Waals surface area contributed by atoms with Gasteiger partial charge in [0, 0.05) is 38.6 Å². The standard InChI is InChI=1S/C21H33NO5.C20H32N2O4.C11H16O.C10H18BrNO4.C10H18INO4.C5H10INO2.C4H8INO2.C3H9ClSi.CH4O.ClH/c1-6-7-8-9-16-10-12-17(13-11-16)26-15-14-18(19(23)25-5)22-20(24)27-21(2,3)4;1-5-6-7-8-15-9-11-16(12-10-15)25-14-13-17(18(21)23)22-19(24)26-20(2,3)4;1-2-3-4-5-10-6-8-11(12)9-7-10;2*1-10(2,3)16-9(14)12-7(5-6-11)8(13)15-4;1-9-5(8)4(7)2-3-6;5-2-1-3(6)4(7)8;1-5(2,3)4;1-2;/h10-13,18H,6-9,14-15H2,1-5H3,(H,22,24);9-12,17H,5-8,13-14H2,1-4H3,(H2,21,23)(H,22,24);6-9,12H,2-5H2,1H3;2*7H,5-6H2,1-4H3,(H,12,14);4H,2-3,7H2,1H3;3H,1-2,6H2,(H,7,8);1-3H3;2H,1H3;1H. The van der Waals surface area contributed by atoms with Crippen molar-refractivity contribution in [1.82, 2.24) is 21.3 Å². The number of rotatable bonds is 38. The zero-order valence-electron chi connectivity index (χ0n) is 76.4. The summed E-state index contributed by atoms with van der Waals surface area (Å²) in [5.41, 5.74) is 17.3. The molecule has 708 valence electrons. The zero-order chi connectivity index (χ0) is 94.6. The number of benzene rings is 3. The Kier molecular flexibility index (Phi) is 81.2. The number of esters is 4. The van der Waals surface area contributed by atoms with Crippen molar-refractivity contribution in [2.45, 2.75) is 298 Å². The van der Waals surface area contributed by atoms with Crippen LogP contribution in [0.15, 0.2) is 72.8 Å². The van der Waals surface area contributed by atoms with Crippen LogP contribution in [0.5, 0.6) is 17.2 Å². The van der Waals surface area contributed by atoms with Crippen LogP contribution in [0.3, 0.4) is 0 Å². The average molecular weight is 2200 g/mol. The fourth-order valence-corrected chi connectivity index (χ4v) is 11.0. The first-order valence-corrected chi connectivity index (χ1v) is 50.4. The van der Waals surface area contributed by atoms with E-state index in [-0.39, 0.29) is 44.4 Å². The van der Waals surface area contributed by atoms with Gasteiger partial charge < -0.3 is 101 Å². The Morgan fingerprint density at radius 1 is 0.434 bits per heavy atom. The summed E-state index contributed by atoms with van der Waals surface area (Å²) < 4.78 is 52.5. The van der Waals surface area contributed by atoms with E-state index >= 15 is 0 Å². The molecule has 3 aromatic carbocycles. The molecule has 3 rings (SSSR count). The van der Waals surface area contributed by atoms with Gasteiger partial charge >= 0.3 is 54.2 Å². The van der Waals surface area contributed by atoms with Gasteiger partial charge in [-0.15, -0.1) is 12.4 Å². The summed E-state index contributed by atoms with van der Waals surface area (Å²) in [6, 6.07) is 19.3. The lowest BCUT2D eigenvalue weighted by atomic mass is 10.1. The fourth-order valence-electron chi connectivity index (χ4n) is 8.60. The summed E-state index contributed by atoms with van der Waals surface area (Å²) >= 11 is 15.3. The van der Waals surface area contributed by atoms with Gasteiger partial charge in [-0.2, -0.15) is 11.1 Å². The molecule has 122 heavy (non-hydrogen) atoms. The maximum absolute atomic E-state index is 11.9. The molecule has 6 atom stereocenters. The second-order valence-electron chi connectivity index (χ2n) is 31.4. The van der Waals surface area contributed by atoms with Crippen LogP contribution in [0.25, 0.3) is 0 Å². The second kappa shape index (κ2) is 76.5. The third-order valence-corrected chi connectivity index (χ3v) is 16.7. The van der Waals surface area contributed by atoms with Crippen molar-refractivity contribution in [3.8, 4) is 17.2 Å². The van der Waals surface area contributed by atoms with E-state index in [4.69, 9.17) is 76.8 Å². The number of aliphatic hydroxyl groups excluding tert-OH is 1. The highest BCUT2D eigenvalue weighted by Gasteiger charge is 2.29. The summed E-state index contributed by atoms with van der Waals surface area (Å²) in [5.74, 6) is -1.52. The molecule has 0 fully saturated rings. The number of hydrogen-bond acceptors (Lipinski definition) is 24.